The van der Waals surface area contributed by atoms with Crippen molar-refractivity contribution in [2.24, 2.45) is 0 Å². The summed E-state index contributed by atoms with van der Waals surface area (Å²) in [5.41, 5.74) is 0. The number of ether oxygens (including phenoxy) is 3. The molecule has 120 valence electrons. The predicted molar refractivity (Wildman–Crippen MR) is 77.2 cm³/mol. The van der Waals surface area contributed by atoms with Gasteiger partial charge in [-0.2, -0.15) is 0 Å². The first-order valence-corrected chi connectivity index (χ1v) is 7.04. The molecule has 1 amide bonds. The highest BCUT2D eigenvalue weighted by molar-refractivity contribution is 6.42. The van der Waals surface area contributed by atoms with Gasteiger partial charge in [0, 0.05) is 6.07 Å². The molecule has 1 heterocycles. The Morgan fingerprint density at radius 3 is 2.55 bits per heavy atom. The van der Waals surface area contributed by atoms with Crippen molar-refractivity contribution in [3.8, 4) is 5.75 Å². The molecule has 1 aliphatic rings. The van der Waals surface area contributed by atoms with Crippen molar-refractivity contribution in [3.63, 3.8) is 0 Å². The summed E-state index contributed by atoms with van der Waals surface area (Å²) in [6, 6.07) is 4.22. The first kappa shape index (κ1) is 16.8. The van der Waals surface area contributed by atoms with Gasteiger partial charge in [0.1, 0.15) is 5.75 Å². The number of hydrogen-bond acceptors (Lipinski definition) is 5. The molecule has 0 aromatic heterocycles. The average molecular weight is 350 g/mol. The second-order valence-corrected chi connectivity index (χ2v) is 5.28. The Bertz CT molecular complexity index is 559. The molecule has 22 heavy (non-hydrogen) atoms. The van der Waals surface area contributed by atoms with Crippen LogP contribution in [0.15, 0.2) is 18.2 Å². The van der Waals surface area contributed by atoms with Crippen molar-refractivity contribution in [1.29, 1.82) is 0 Å². The van der Waals surface area contributed by atoms with Crippen molar-refractivity contribution in [3.05, 3.63) is 28.2 Å². The third kappa shape index (κ3) is 4.74. The van der Waals surface area contributed by atoms with Crippen molar-refractivity contribution in [1.82, 2.24) is 5.32 Å². The number of halogens is 2. The third-order valence-corrected chi connectivity index (χ3v) is 3.46. The minimum atomic E-state index is -1.29. The normalized spacial score (nSPS) is 21.2. The Morgan fingerprint density at radius 1 is 1.27 bits per heavy atom. The zero-order valence-corrected chi connectivity index (χ0v) is 12.8. The van der Waals surface area contributed by atoms with Crippen LogP contribution in [0.25, 0.3) is 0 Å². The molecule has 0 bridgehead atoms. The van der Waals surface area contributed by atoms with Gasteiger partial charge in [0.2, 0.25) is 0 Å². The minimum absolute atomic E-state index is 0.0511. The van der Waals surface area contributed by atoms with Gasteiger partial charge in [0.25, 0.3) is 12.2 Å². The summed E-state index contributed by atoms with van der Waals surface area (Å²) in [4.78, 5) is 22.3. The molecule has 0 saturated carbocycles. The molecule has 0 aliphatic carbocycles. The molecule has 0 radical (unpaired) electrons. The van der Waals surface area contributed by atoms with E-state index < -0.39 is 24.2 Å². The zero-order chi connectivity index (χ0) is 16.1. The molecule has 2 N–H and O–H groups in total. The van der Waals surface area contributed by atoms with E-state index in [9.17, 15) is 9.59 Å². The minimum Gasteiger partial charge on any atom is -0.484 e. The maximum atomic E-state index is 11.7. The smallest absolute Gasteiger partial charge is 0.361 e. The molecule has 0 unspecified atom stereocenters. The molecule has 1 saturated heterocycles. The Kier molecular flexibility index (Phi) is 5.84. The summed E-state index contributed by atoms with van der Waals surface area (Å²) < 4.78 is 15.1. The second kappa shape index (κ2) is 7.64. The lowest BCUT2D eigenvalue weighted by molar-refractivity contribution is -0.211. The largest absolute Gasteiger partial charge is 0.484 e. The highest BCUT2D eigenvalue weighted by Gasteiger charge is 2.28. The van der Waals surface area contributed by atoms with Crippen molar-refractivity contribution >= 4 is 35.1 Å². The molecule has 1 aliphatic heterocycles. The predicted octanol–water partition coefficient (Wildman–Crippen LogP) is 1.31. The topological polar surface area (TPSA) is 94.1 Å². The molecule has 0 spiro atoms. The molecule has 1 aromatic carbocycles. The van der Waals surface area contributed by atoms with Gasteiger partial charge in [-0.05, 0) is 12.1 Å². The SMILES string of the molecule is O=C(COc1ccc(Cl)c(Cl)c1)N[C@H]1CO[C@H](C(=O)O)OC1. The highest BCUT2D eigenvalue weighted by Crippen LogP contribution is 2.26. The van der Waals surface area contributed by atoms with Crippen molar-refractivity contribution in [2.75, 3.05) is 19.8 Å². The molecule has 0 atom stereocenters. The third-order valence-electron chi connectivity index (χ3n) is 2.73. The molecule has 1 aromatic rings. The number of amides is 1. The molecule has 1 fully saturated rings. The number of carboxylic acids is 1. The van der Waals surface area contributed by atoms with E-state index in [2.05, 4.69) is 5.32 Å². The average Bonchev–Trinajstić information content (AvgIpc) is 2.49. The Labute approximate surface area is 136 Å². The highest BCUT2D eigenvalue weighted by atomic mass is 35.5. The Hall–Kier alpha value is -1.54. The number of hydrogen-bond donors (Lipinski definition) is 2. The van der Waals surface area contributed by atoms with E-state index in [0.717, 1.165) is 0 Å². The van der Waals surface area contributed by atoms with Crippen LogP contribution >= 0.6 is 23.2 Å². The van der Waals surface area contributed by atoms with E-state index >= 15 is 0 Å². The second-order valence-electron chi connectivity index (χ2n) is 4.47. The van der Waals surface area contributed by atoms with Gasteiger partial charge in [0.05, 0.1) is 29.3 Å². The van der Waals surface area contributed by atoms with Crippen LogP contribution in [-0.4, -0.2) is 49.1 Å². The fourth-order valence-electron chi connectivity index (χ4n) is 1.71. The van der Waals surface area contributed by atoms with Crippen LogP contribution in [0.2, 0.25) is 10.0 Å². The van der Waals surface area contributed by atoms with Gasteiger partial charge in [-0.1, -0.05) is 23.2 Å². The summed E-state index contributed by atoms with van der Waals surface area (Å²) in [5, 5.41) is 12.0. The first-order valence-electron chi connectivity index (χ1n) is 6.29. The number of rotatable bonds is 5. The fraction of sp³-hybridized carbons (Fsp3) is 0.385. The maximum Gasteiger partial charge on any atom is 0.361 e. The van der Waals surface area contributed by atoms with Crippen molar-refractivity contribution in [2.45, 2.75) is 12.3 Å². The molecule has 2 rings (SSSR count). The van der Waals surface area contributed by atoms with Gasteiger partial charge in [-0.25, -0.2) is 4.79 Å². The lowest BCUT2D eigenvalue weighted by Crippen LogP contribution is -2.49. The lowest BCUT2D eigenvalue weighted by atomic mass is 10.3. The molecule has 9 heteroatoms. The van der Waals surface area contributed by atoms with Gasteiger partial charge in [-0.15, -0.1) is 0 Å². The number of carbonyl (C=O) groups is 2. The van der Waals surface area contributed by atoms with E-state index in [4.69, 9.17) is 42.5 Å². The van der Waals surface area contributed by atoms with E-state index in [1.165, 1.54) is 6.07 Å². The first-order chi connectivity index (χ1) is 10.5. The van der Waals surface area contributed by atoms with Gasteiger partial charge in [0.15, 0.2) is 6.61 Å². The Morgan fingerprint density at radius 2 is 1.95 bits per heavy atom. The number of carbonyl (C=O) groups excluding carboxylic acids is 1. The zero-order valence-electron chi connectivity index (χ0n) is 11.3. The van der Waals surface area contributed by atoms with Crippen LogP contribution in [0.5, 0.6) is 5.75 Å². The number of aliphatic carboxylic acids is 1. The van der Waals surface area contributed by atoms with E-state index in [1.54, 1.807) is 12.1 Å². The van der Waals surface area contributed by atoms with Crippen LogP contribution in [-0.2, 0) is 19.1 Å². The monoisotopic (exact) mass is 349 g/mol. The molecule has 7 nitrogen and oxygen atoms in total. The molecular weight excluding hydrogens is 337 g/mol. The summed E-state index contributed by atoms with van der Waals surface area (Å²) in [5.74, 6) is -1.18. The molecular formula is C13H13Cl2NO6. The van der Waals surface area contributed by atoms with E-state index in [1.807, 2.05) is 0 Å². The summed E-state index contributed by atoms with van der Waals surface area (Å²) in [6.07, 6.45) is -1.29. The van der Waals surface area contributed by atoms with E-state index in [-0.39, 0.29) is 19.8 Å². The van der Waals surface area contributed by atoms with E-state index in [0.29, 0.717) is 15.8 Å². The van der Waals surface area contributed by atoms with Crippen LogP contribution in [0.3, 0.4) is 0 Å². The summed E-state index contributed by atoms with van der Waals surface area (Å²) >= 11 is 11.6. The van der Waals surface area contributed by atoms with Crippen LogP contribution in [0.1, 0.15) is 0 Å². The lowest BCUT2D eigenvalue weighted by Gasteiger charge is -2.27. The van der Waals surface area contributed by atoms with Crippen LogP contribution in [0.4, 0.5) is 0 Å². The summed E-state index contributed by atoms with van der Waals surface area (Å²) in [7, 11) is 0. The number of benzene rings is 1. The fourth-order valence-corrected chi connectivity index (χ4v) is 2.00. The van der Waals surface area contributed by atoms with Crippen molar-refractivity contribution < 1.29 is 28.9 Å². The standard InChI is InChI=1S/C13H13Cl2NO6/c14-9-2-1-8(3-10(9)15)20-6-11(17)16-7-4-21-13(12(18)19)22-5-7/h1-3,7,13H,4-6H2,(H,16,17)(H,18,19)/t7-,13-. The maximum absolute atomic E-state index is 11.7. The summed E-state index contributed by atoms with van der Waals surface area (Å²) in [6.45, 7) is -0.123. The van der Waals surface area contributed by atoms with Gasteiger partial charge >= 0.3 is 5.97 Å². The Balaban J connectivity index is 1.74. The number of nitrogens with one attached hydrogen (secondary N) is 1. The number of carboxylic acid groups (broad SMARTS) is 1. The van der Waals surface area contributed by atoms with Gasteiger partial charge in [-0.3, -0.25) is 4.79 Å². The van der Waals surface area contributed by atoms with Crippen LogP contribution in [0, 0.1) is 0 Å². The van der Waals surface area contributed by atoms with Gasteiger partial charge < -0.3 is 24.6 Å². The quantitative estimate of drug-likeness (QED) is 0.832. The van der Waals surface area contributed by atoms with Crippen LogP contribution < -0.4 is 10.1 Å².